The number of nitrogens with zero attached hydrogens (tertiary/aromatic N) is 1. The first-order valence-electron chi connectivity index (χ1n) is 9.43. The molecule has 0 aliphatic carbocycles. The third-order valence-corrected chi connectivity index (χ3v) is 6.54. The van der Waals surface area contributed by atoms with Crippen LogP contribution in [0, 0.1) is 0 Å². The molecule has 0 amide bonds. The van der Waals surface area contributed by atoms with Crippen LogP contribution in [-0.4, -0.2) is 38.4 Å². The van der Waals surface area contributed by atoms with Crippen molar-refractivity contribution in [3.8, 4) is 0 Å². The molecular weight excluding hydrogens is 320 g/mol. The molecule has 5 heteroatoms. The molecule has 1 aromatic rings. The van der Waals surface area contributed by atoms with Crippen LogP contribution in [0.25, 0.3) is 0 Å². The summed E-state index contributed by atoms with van der Waals surface area (Å²) in [7, 11) is -3.29. The third-order valence-electron chi connectivity index (χ3n) is 4.69. The molecule has 0 spiro atoms. The highest BCUT2D eigenvalue weighted by Gasteiger charge is 2.36. The molecule has 24 heavy (non-hydrogen) atoms. The van der Waals surface area contributed by atoms with Crippen molar-refractivity contribution in [2.75, 3.05) is 19.6 Å². The molecule has 1 aliphatic rings. The zero-order valence-corrected chi connectivity index (χ0v) is 15.7. The van der Waals surface area contributed by atoms with Crippen molar-refractivity contribution >= 4 is 10.0 Å². The maximum absolute atomic E-state index is 12.4. The summed E-state index contributed by atoms with van der Waals surface area (Å²) in [5.74, 6) is 0. The average Bonchev–Trinajstić information content (AvgIpc) is 2.55. The Labute approximate surface area is 147 Å². The van der Waals surface area contributed by atoms with E-state index in [-0.39, 0.29) is 0 Å². The van der Waals surface area contributed by atoms with Crippen molar-refractivity contribution in [2.24, 2.45) is 0 Å². The maximum atomic E-state index is 12.4. The number of rotatable bonds is 12. The predicted molar refractivity (Wildman–Crippen MR) is 99.6 cm³/mol. The summed E-state index contributed by atoms with van der Waals surface area (Å²) in [5, 5.41) is 3.48. The standard InChI is InChI=1S/C19H32N2O2S/c1-2-3-4-5-6-7-8-12-15-20-18-16-21(17-18)24(22,23)19-13-10-9-11-14-19/h9-11,13-14,18,20H,2-8,12,15-17H2,1H3. The first-order chi connectivity index (χ1) is 11.6. The fourth-order valence-corrected chi connectivity index (χ4v) is 4.62. The van der Waals surface area contributed by atoms with Gasteiger partial charge in [0, 0.05) is 19.1 Å². The fourth-order valence-electron chi connectivity index (χ4n) is 3.07. The van der Waals surface area contributed by atoms with Crippen LogP contribution in [0.4, 0.5) is 0 Å². The second-order valence-corrected chi connectivity index (χ2v) is 8.70. The Bertz CT molecular complexity index is 554. The maximum Gasteiger partial charge on any atom is 0.243 e. The molecule has 4 nitrogen and oxygen atoms in total. The summed E-state index contributed by atoms with van der Waals surface area (Å²) in [5.41, 5.74) is 0. The lowest BCUT2D eigenvalue weighted by Crippen LogP contribution is -2.59. The zero-order valence-electron chi connectivity index (χ0n) is 14.9. The van der Waals surface area contributed by atoms with Gasteiger partial charge in [0.05, 0.1) is 4.90 Å². The van der Waals surface area contributed by atoms with Crippen molar-refractivity contribution in [3.05, 3.63) is 30.3 Å². The largest absolute Gasteiger partial charge is 0.311 e. The van der Waals surface area contributed by atoms with Gasteiger partial charge >= 0.3 is 0 Å². The van der Waals surface area contributed by atoms with Gasteiger partial charge in [-0.25, -0.2) is 8.42 Å². The van der Waals surface area contributed by atoms with Crippen molar-refractivity contribution in [2.45, 2.75) is 69.2 Å². The molecule has 0 atom stereocenters. The smallest absolute Gasteiger partial charge is 0.243 e. The van der Waals surface area contributed by atoms with Gasteiger partial charge in [0.2, 0.25) is 10.0 Å². The molecule has 1 aromatic carbocycles. The van der Waals surface area contributed by atoms with E-state index in [1.165, 1.54) is 51.4 Å². The van der Waals surface area contributed by atoms with Crippen LogP contribution in [0.3, 0.4) is 0 Å². The molecule has 1 aliphatic heterocycles. The Hall–Kier alpha value is -0.910. The third kappa shape index (κ3) is 5.87. The minimum Gasteiger partial charge on any atom is -0.311 e. The van der Waals surface area contributed by atoms with E-state index >= 15 is 0 Å². The lowest BCUT2D eigenvalue weighted by molar-refractivity contribution is 0.226. The Morgan fingerprint density at radius 2 is 1.54 bits per heavy atom. The Morgan fingerprint density at radius 3 is 2.17 bits per heavy atom. The topological polar surface area (TPSA) is 49.4 Å². The molecule has 1 heterocycles. The minimum absolute atomic E-state index is 0.313. The number of benzene rings is 1. The summed E-state index contributed by atoms with van der Waals surface area (Å²) >= 11 is 0. The monoisotopic (exact) mass is 352 g/mol. The molecule has 2 rings (SSSR count). The van der Waals surface area contributed by atoms with Gasteiger partial charge in [-0.2, -0.15) is 4.31 Å². The molecular formula is C19H32N2O2S. The quantitative estimate of drug-likeness (QED) is 0.582. The van der Waals surface area contributed by atoms with Gasteiger partial charge in [0.1, 0.15) is 0 Å². The van der Waals surface area contributed by atoms with Crippen LogP contribution in [0.2, 0.25) is 0 Å². The highest BCUT2D eigenvalue weighted by atomic mass is 32.2. The number of sulfonamides is 1. The summed E-state index contributed by atoms with van der Waals surface area (Å²) in [4.78, 5) is 0.395. The molecule has 0 aromatic heterocycles. The van der Waals surface area contributed by atoms with Crippen molar-refractivity contribution in [3.63, 3.8) is 0 Å². The van der Waals surface area contributed by atoms with Gasteiger partial charge in [0.15, 0.2) is 0 Å². The van der Waals surface area contributed by atoms with Crippen LogP contribution in [0.15, 0.2) is 35.2 Å². The van der Waals surface area contributed by atoms with E-state index in [1.54, 1.807) is 28.6 Å². The van der Waals surface area contributed by atoms with E-state index < -0.39 is 10.0 Å². The molecule has 1 N–H and O–H groups in total. The number of nitrogens with one attached hydrogen (secondary N) is 1. The van der Waals surface area contributed by atoms with Crippen molar-refractivity contribution < 1.29 is 8.42 Å². The summed E-state index contributed by atoms with van der Waals surface area (Å²) in [6, 6.07) is 9.01. The Kier molecular flexibility index (Phi) is 8.22. The van der Waals surface area contributed by atoms with Gasteiger partial charge in [-0.05, 0) is 25.1 Å². The molecule has 0 radical (unpaired) electrons. The Morgan fingerprint density at radius 1 is 0.958 bits per heavy atom. The molecule has 0 unspecified atom stereocenters. The summed E-state index contributed by atoms with van der Waals surface area (Å²) in [6.45, 7) is 4.43. The SMILES string of the molecule is CCCCCCCCCCNC1CN(S(=O)(=O)c2ccccc2)C1. The van der Waals surface area contributed by atoms with Gasteiger partial charge in [-0.15, -0.1) is 0 Å². The molecule has 0 saturated carbocycles. The highest BCUT2D eigenvalue weighted by Crippen LogP contribution is 2.21. The van der Waals surface area contributed by atoms with E-state index in [9.17, 15) is 8.42 Å². The van der Waals surface area contributed by atoms with Crippen LogP contribution in [0.1, 0.15) is 58.3 Å². The molecule has 136 valence electrons. The van der Waals surface area contributed by atoms with E-state index in [0.717, 1.165) is 6.54 Å². The highest BCUT2D eigenvalue weighted by molar-refractivity contribution is 7.89. The molecule has 1 fully saturated rings. The van der Waals surface area contributed by atoms with Crippen LogP contribution in [-0.2, 0) is 10.0 Å². The number of hydrogen-bond donors (Lipinski definition) is 1. The van der Waals surface area contributed by atoms with Gasteiger partial charge in [0.25, 0.3) is 0 Å². The normalized spacial score (nSPS) is 16.2. The van der Waals surface area contributed by atoms with E-state index in [4.69, 9.17) is 0 Å². The van der Waals surface area contributed by atoms with Gasteiger partial charge < -0.3 is 5.32 Å². The van der Waals surface area contributed by atoms with Crippen LogP contribution in [0.5, 0.6) is 0 Å². The fraction of sp³-hybridized carbons (Fsp3) is 0.684. The zero-order chi connectivity index (χ0) is 17.3. The second kappa shape index (κ2) is 10.2. The molecule has 1 saturated heterocycles. The van der Waals surface area contributed by atoms with E-state index in [2.05, 4.69) is 12.2 Å². The summed E-state index contributed by atoms with van der Waals surface area (Å²) < 4.78 is 26.3. The van der Waals surface area contributed by atoms with E-state index in [0.29, 0.717) is 24.0 Å². The van der Waals surface area contributed by atoms with Crippen LogP contribution >= 0.6 is 0 Å². The van der Waals surface area contributed by atoms with Gasteiger partial charge in [-0.3, -0.25) is 0 Å². The van der Waals surface area contributed by atoms with Crippen molar-refractivity contribution in [1.29, 1.82) is 0 Å². The lowest BCUT2D eigenvalue weighted by Gasteiger charge is -2.38. The van der Waals surface area contributed by atoms with Crippen molar-refractivity contribution in [1.82, 2.24) is 9.62 Å². The van der Waals surface area contributed by atoms with Gasteiger partial charge in [-0.1, -0.05) is 70.1 Å². The first-order valence-corrected chi connectivity index (χ1v) is 10.9. The second-order valence-electron chi connectivity index (χ2n) is 6.76. The van der Waals surface area contributed by atoms with E-state index in [1.807, 2.05) is 6.07 Å². The van der Waals surface area contributed by atoms with Crippen LogP contribution < -0.4 is 5.32 Å². The molecule has 0 bridgehead atoms. The predicted octanol–water partition coefficient (Wildman–Crippen LogP) is 3.79. The minimum atomic E-state index is -3.29. The number of unbranched alkanes of at least 4 members (excludes halogenated alkanes) is 7. The Balaban J connectivity index is 1.53. The lowest BCUT2D eigenvalue weighted by atomic mass is 10.1. The number of hydrogen-bond acceptors (Lipinski definition) is 3. The summed E-state index contributed by atoms with van der Waals surface area (Å²) in [6.07, 6.45) is 10.6. The first kappa shape index (κ1) is 19.4. The average molecular weight is 353 g/mol.